The molecule has 5 unspecified atom stereocenters. The van der Waals surface area contributed by atoms with E-state index in [0.717, 1.165) is 0 Å². The van der Waals surface area contributed by atoms with E-state index in [4.69, 9.17) is 15.9 Å². The number of hydrogen-bond acceptors (Lipinski definition) is 8. The minimum absolute atomic E-state index is 0.00713. The molecule has 0 saturated heterocycles. The van der Waals surface area contributed by atoms with E-state index >= 15 is 0 Å². The standard InChI is InChI=1S/C19H28N4O7S/c1-10(25)15(23-16(26)12(20)9-31)18(28)21-13(7-11-5-3-2-4-6-11)17(27)22-14(8-24)19(29)30/h2-6,10,12-15,24-25,31H,7-9,20H2,1H3,(H,21,28)(H,22,27)(H,23,26)(H,29,30). The number of aliphatic carboxylic acids is 1. The molecule has 0 fully saturated rings. The molecule has 0 aromatic heterocycles. The molecule has 0 saturated carbocycles. The molecule has 0 spiro atoms. The molecular formula is C19H28N4O7S. The maximum absolute atomic E-state index is 12.7. The Labute approximate surface area is 184 Å². The van der Waals surface area contributed by atoms with Crippen LogP contribution >= 0.6 is 12.6 Å². The molecule has 0 aliphatic rings. The summed E-state index contributed by atoms with van der Waals surface area (Å²) >= 11 is 3.91. The number of hydrogen-bond donors (Lipinski definition) is 8. The molecule has 31 heavy (non-hydrogen) atoms. The Balaban J connectivity index is 3.04. The van der Waals surface area contributed by atoms with E-state index < -0.39 is 60.6 Å². The van der Waals surface area contributed by atoms with Crippen molar-refractivity contribution in [3.05, 3.63) is 35.9 Å². The molecule has 1 aromatic rings. The summed E-state index contributed by atoms with van der Waals surface area (Å²) in [4.78, 5) is 48.5. The molecule has 172 valence electrons. The number of nitrogens with one attached hydrogen (secondary N) is 3. The summed E-state index contributed by atoms with van der Waals surface area (Å²) in [6.45, 7) is 0.427. The first-order valence-electron chi connectivity index (χ1n) is 9.43. The largest absolute Gasteiger partial charge is 0.480 e. The van der Waals surface area contributed by atoms with Gasteiger partial charge in [0.25, 0.3) is 0 Å². The Morgan fingerprint density at radius 2 is 1.58 bits per heavy atom. The van der Waals surface area contributed by atoms with Gasteiger partial charge in [-0.3, -0.25) is 14.4 Å². The van der Waals surface area contributed by atoms with Gasteiger partial charge in [0.05, 0.1) is 18.8 Å². The van der Waals surface area contributed by atoms with Crippen molar-refractivity contribution in [1.82, 2.24) is 16.0 Å². The molecular weight excluding hydrogens is 428 g/mol. The number of carbonyl (C=O) groups excluding carboxylic acids is 3. The van der Waals surface area contributed by atoms with Crippen LogP contribution in [-0.4, -0.2) is 81.6 Å². The lowest BCUT2D eigenvalue weighted by Crippen LogP contribution is -2.60. The van der Waals surface area contributed by atoms with Crippen molar-refractivity contribution < 1.29 is 34.5 Å². The zero-order chi connectivity index (χ0) is 23.6. The first-order valence-corrected chi connectivity index (χ1v) is 10.1. The Bertz CT molecular complexity index is 763. The van der Waals surface area contributed by atoms with Gasteiger partial charge >= 0.3 is 5.97 Å². The lowest BCUT2D eigenvalue weighted by atomic mass is 10.0. The minimum atomic E-state index is -1.57. The number of benzene rings is 1. The van der Waals surface area contributed by atoms with Gasteiger partial charge in [0.2, 0.25) is 17.7 Å². The summed E-state index contributed by atoms with van der Waals surface area (Å²) in [6, 6.07) is 3.35. The van der Waals surface area contributed by atoms with Gasteiger partial charge in [-0.1, -0.05) is 30.3 Å². The highest BCUT2D eigenvalue weighted by Gasteiger charge is 2.32. The van der Waals surface area contributed by atoms with Crippen LogP contribution in [-0.2, 0) is 25.6 Å². The van der Waals surface area contributed by atoms with Crippen LogP contribution in [0.4, 0.5) is 0 Å². The van der Waals surface area contributed by atoms with Gasteiger partial charge < -0.3 is 37.0 Å². The van der Waals surface area contributed by atoms with Crippen molar-refractivity contribution in [2.45, 2.75) is 43.6 Å². The highest BCUT2D eigenvalue weighted by Crippen LogP contribution is 2.06. The fourth-order valence-corrected chi connectivity index (χ4v) is 2.69. The maximum atomic E-state index is 12.7. The van der Waals surface area contributed by atoms with Crippen molar-refractivity contribution in [3.8, 4) is 0 Å². The summed E-state index contributed by atoms with van der Waals surface area (Å²) < 4.78 is 0. The van der Waals surface area contributed by atoms with E-state index in [1.165, 1.54) is 6.92 Å². The lowest BCUT2D eigenvalue weighted by molar-refractivity contribution is -0.143. The zero-order valence-electron chi connectivity index (χ0n) is 16.9. The maximum Gasteiger partial charge on any atom is 0.328 e. The number of thiol groups is 1. The van der Waals surface area contributed by atoms with Gasteiger partial charge in [0.15, 0.2) is 0 Å². The molecule has 1 aromatic carbocycles. The van der Waals surface area contributed by atoms with Crippen LogP contribution in [0.25, 0.3) is 0 Å². The molecule has 0 bridgehead atoms. The Hall–Kier alpha value is -2.67. The van der Waals surface area contributed by atoms with Gasteiger partial charge in [-0.15, -0.1) is 0 Å². The predicted octanol–water partition coefficient (Wildman–Crippen LogP) is -2.60. The second kappa shape index (κ2) is 12.9. The molecule has 0 aliphatic carbocycles. The van der Waals surface area contributed by atoms with Crippen LogP contribution in [0.15, 0.2) is 30.3 Å². The topological polar surface area (TPSA) is 191 Å². The second-order valence-electron chi connectivity index (χ2n) is 6.85. The number of carboxylic acids is 1. The average Bonchev–Trinajstić information content (AvgIpc) is 2.74. The van der Waals surface area contributed by atoms with Gasteiger partial charge in [-0.05, 0) is 12.5 Å². The zero-order valence-corrected chi connectivity index (χ0v) is 17.8. The Kier molecular flexibility index (Phi) is 11.0. The second-order valence-corrected chi connectivity index (χ2v) is 7.21. The SMILES string of the molecule is CC(O)C(NC(=O)C(N)CS)C(=O)NC(Cc1ccccc1)C(=O)NC(CO)C(=O)O. The molecule has 0 aliphatic heterocycles. The summed E-state index contributed by atoms with van der Waals surface area (Å²) in [6.07, 6.45) is -1.33. The van der Waals surface area contributed by atoms with E-state index in [0.29, 0.717) is 5.56 Å². The first kappa shape index (κ1) is 26.4. The molecule has 5 atom stereocenters. The van der Waals surface area contributed by atoms with E-state index in [-0.39, 0.29) is 12.2 Å². The van der Waals surface area contributed by atoms with Crippen molar-refractivity contribution in [3.63, 3.8) is 0 Å². The minimum Gasteiger partial charge on any atom is -0.480 e. The normalized spacial score (nSPS) is 15.6. The summed E-state index contributed by atoms with van der Waals surface area (Å²) in [5.74, 6) is -3.89. The van der Waals surface area contributed by atoms with Gasteiger partial charge in [-0.2, -0.15) is 12.6 Å². The van der Waals surface area contributed by atoms with Crippen LogP contribution in [0.5, 0.6) is 0 Å². The van der Waals surface area contributed by atoms with E-state index in [1.807, 2.05) is 0 Å². The van der Waals surface area contributed by atoms with Gasteiger partial charge in [0, 0.05) is 12.2 Å². The summed E-state index contributed by atoms with van der Waals surface area (Å²) in [5.41, 5.74) is 6.23. The molecule has 3 amide bonds. The average molecular weight is 457 g/mol. The molecule has 1 rings (SSSR count). The monoisotopic (exact) mass is 456 g/mol. The third kappa shape index (κ3) is 8.53. The van der Waals surface area contributed by atoms with Gasteiger partial charge in [0.1, 0.15) is 18.1 Å². The third-order valence-electron chi connectivity index (χ3n) is 4.31. The van der Waals surface area contributed by atoms with Crippen LogP contribution in [0.3, 0.4) is 0 Å². The fourth-order valence-electron chi connectivity index (χ4n) is 2.53. The smallest absolute Gasteiger partial charge is 0.328 e. The fraction of sp³-hybridized carbons (Fsp3) is 0.474. The molecule has 12 heteroatoms. The number of rotatable bonds is 12. The number of carbonyl (C=O) groups is 4. The lowest BCUT2D eigenvalue weighted by Gasteiger charge is -2.26. The molecule has 11 nitrogen and oxygen atoms in total. The highest BCUT2D eigenvalue weighted by atomic mass is 32.1. The molecule has 0 heterocycles. The quantitative estimate of drug-likeness (QED) is 0.157. The van der Waals surface area contributed by atoms with Crippen molar-refractivity contribution in [2.24, 2.45) is 5.73 Å². The third-order valence-corrected chi connectivity index (χ3v) is 4.70. The van der Waals surface area contributed by atoms with Crippen LogP contribution in [0.1, 0.15) is 12.5 Å². The van der Waals surface area contributed by atoms with E-state index in [2.05, 4.69) is 28.6 Å². The number of amides is 3. The summed E-state index contributed by atoms with van der Waals surface area (Å²) in [5, 5.41) is 35.0. The van der Waals surface area contributed by atoms with Crippen LogP contribution in [0, 0.1) is 0 Å². The number of aliphatic hydroxyl groups excluding tert-OH is 2. The van der Waals surface area contributed by atoms with E-state index in [1.54, 1.807) is 30.3 Å². The summed E-state index contributed by atoms with van der Waals surface area (Å²) in [7, 11) is 0. The molecule has 8 N–H and O–H groups in total. The Morgan fingerprint density at radius 3 is 2.06 bits per heavy atom. The Morgan fingerprint density at radius 1 is 1.00 bits per heavy atom. The van der Waals surface area contributed by atoms with Crippen molar-refractivity contribution in [2.75, 3.05) is 12.4 Å². The molecule has 0 radical (unpaired) electrons. The first-order chi connectivity index (χ1) is 14.6. The number of carboxylic acid groups (broad SMARTS) is 1. The number of aliphatic hydroxyl groups is 2. The van der Waals surface area contributed by atoms with Crippen molar-refractivity contribution in [1.29, 1.82) is 0 Å². The predicted molar refractivity (Wildman–Crippen MR) is 114 cm³/mol. The van der Waals surface area contributed by atoms with Crippen LogP contribution < -0.4 is 21.7 Å². The highest BCUT2D eigenvalue weighted by molar-refractivity contribution is 7.80. The van der Waals surface area contributed by atoms with Crippen molar-refractivity contribution >= 4 is 36.3 Å². The van der Waals surface area contributed by atoms with Gasteiger partial charge in [-0.25, -0.2) is 4.79 Å². The number of nitrogens with two attached hydrogens (primary N) is 1. The van der Waals surface area contributed by atoms with Crippen LogP contribution in [0.2, 0.25) is 0 Å². The van der Waals surface area contributed by atoms with E-state index in [9.17, 15) is 24.3 Å².